The molecule has 0 bridgehead atoms. The van der Waals surface area contributed by atoms with E-state index in [1.54, 1.807) is 18.9 Å². The van der Waals surface area contributed by atoms with Gasteiger partial charge in [0.1, 0.15) is 6.10 Å². The van der Waals surface area contributed by atoms with Crippen LogP contribution in [0.2, 0.25) is 5.02 Å². The van der Waals surface area contributed by atoms with Gasteiger partial charge in [0.05, 0.1) is 6.54 Å². The average molecular weight is 330 g/mol. The predicted octanol–water partition coefficient (Wildman–Crippen LogP) is 2.95. The molecule has 21 heavy (non-hydrogen) atoms. The molecule has 0 aliphatic heterocycles. The predicted molar refractivity (Wildman–Crippen MR) is 93.6 cm³/mol. The van der Waals surface area contributed by atoms with Gasteiger partial charge in [0.25, 0.3) is 0 Å². The minimum atomic E-state index is -0.0975. The van der Waals surface area contributed by atoms with E-state index in [9.17, 15) is 0 Å². The molecule has 1 unspecified atom stereocenters. The Kier molecular flexibility index (Phi) is 9.30. The van der Waals surface area contributed by atoms with Crippen LogP contribution in [-0.4, -0.2) is 44.7 Å². The van der Waals surface area contributed by atoms with Crippen molar-refractivity contribution in [1.82, 2.24) is 10.6 Å². The molecule has 1 aromatic rings. The first-order valence-corrected chi connectivity index (χ1v) is 8.77. The number of rotatable bonds is 8. The first-order chi connectivity index (χ1) is 10.2. The summed E-state index contributed by atoms with van der Waals surface area (Å²) < 4.78 is 5.52. The third kappa shape index (κ3) is 7.07. The van der Waals surface area contributed by atoms with Crippen molar-refractivity contribution in [3.63, 3.8) is 0 Å². The molecule has 4 nitrogen and oxygen atoms in total. The lowest BCUT2D eigenvalue weighted by Crippen LogP contribution is -2.38. The molecule has 0 spiro atoms. The van der Waals surface area contributed by atoms with Crippen LogP contribution in [0.25, 0.3) is 0 Å². The van der Waals surface area contributed by atoms with Gasteiger partial charge in [-0.25, -0.2) is 0 Å². The van der Waals surface area contributed by atoms with Crippen LogP contribution < -0.4 is 10.6 Å². The van der Waals surface area contributed by atoms with Crippen molar-refractivity contribution in [2.45, 2.75) is 13.0 Å². The van der Waals surface area contributed by atoms with Crippen LogP contribution in [-0.2, 0) is 4.74 Å². The Morgan fingerprint density at radius 2 is 2.24 bits per heavy atom. The molecule has 0 saturated heterocycles. The van der Waals surface area contributed by atoms with Gasteiger partial charge in [-0.3, -0.25) is 4.99 Å². The highest BCUT2D eigenvalue weighted by atomic mass is 35.5. The second kappa shape index (κ2) is 10.8. The Hall–Kier alpha value is -0.910. The molecule has 0 amide bonds. The number of hydrogen-bond donors (Lipinski definition) is 2. The monoisotopic (exact) mass is 329 g/mol. The normalized spacial score (nSPS) is 13.0. The highest BCUT2D eigenvalue weighted by molar-refractivity contribution is 7.98. The number of thioether (sulfide) groups is 1. The van der Waals surface area contributed by atoms with E-state index in [4.69, 9.17) is 16.3 Å². The van der Waals surface area contributed by atoms with E-state index in [1.165, 1.54) is 0 Å². The lowest BCUT2D eigenvalue weighted by molar-refractivity contribution is 0.111. The highest BCUT2D eigenvalue weighted by Crippen LogP contribution is 2.20. The fraction of sp³-hybridized carbons (Fsp3) is 0.533. The fourth-order valence-electron chi connectivity index (χ4n) is 1.81. The molecule has 1 rings (SSSR count). The van der Waals surface area contributed by atoms with Crippen LogP contribution in [0.1, 0.15) is 18.6 Å². The number of nitrogens with one attached hydrogen (secondary N) is 2. The first-order valence-electron chi connectivity index (χ1n) is 7.00. The maximum Gasteiger partial charge on any atom is 0.191 e. The van der Waals surface area contributed by atoms with Crippen LogP contribution >= 0.6 is 23.4 Å². The van der Waals surface area contributed by atoms with Crippen molar-refractivity contribution in [2.75, 3.05) is 38.8 Å². The van der Waals surface area contributed by atoms with Gasteiger partial charge in [0, 0.05) is 31.0 Å². The quantitative estimate of drug-likeness (QED) is 0.437. The standard InChI is InChI=1S/C15H24ClN3OS/c1-4-17-15(18-8-9-21-3)19-11-14(20-2)12-6-5-7-13(16)10-12/h5-7,10,14H,4,8-9,11H2,1-3H3,(H2,17,18,19). The van der Waals surface area contributed by atoms with E-state index in [0.29, 0.717) is 11.6 Å². The van der Waals surface area contributed by atoms with Crippen LogP contribution in [0.5, 0.6) is 0 Å². The van der Waals surface area contributed by atoms with Gasteiger partial charge in [0.15, 0.2) is 5.96 Å². The molecule has 1 atom stereocenters. The number of ether oxygens (including phenoxy) is 1. The topological polar surface area (TPSA) is 45.7 Å². The summed E-state index contributed by atoms with van der Waals surface area (Å²) in [6, 6.07) is 7.70. The summed E-state index contributed by atoms with van der Waals surface area (Å²) in [6.45, 7) is 4.32. The molecular weight excluding hydrogens is 306 g/mol. The molecule has 6 heteroatoms. The summed E-state index contributed by atoms with van der Waals surface area (Å²) >= 11 is 7.83. The highest BCUT2D eigenvalue weighted by Gasteiger charge is 2.10. The Labute approximate surface area is 136 Å². The summed E-state index contributed by atoms with van der Waals surface area (Å²) in [5, 5.41) is 7.24. The number of hydrogen-bond acceptors (Lipinski definition) is 3. The summed E-state index contributed by atoms with van der Waals surface area (Å²) in [7, 11) is 1.69. The lowest BCUT2D eigenvalue weighted by Gasteiger charge is -2.16. The van der Waals surface area contributed by atoms with Gasteiger partial charge in [0.2, 0.25) is 0 Å². The number of methoxy groups -OCH3 is 1. The van der Waals surface area contributed by atoms with E-state index in [1.807, 2.05) is 24.3 Å². The van der Waals surface area contributed by atoms with Crippen LogP contribution in [0, 0.1) is 0 Å². The maximum absolute atomic E-state index is 6.02. The van der Waals surface area contributed by atoms with Crippen LogP contribution in [0.4, 0.5) is 0 Å². The zero-order valence-corrected chi connectivity index (χ0v) is 14.4. The maximum atomic E-state index is 6.02. The second-order valence-corrected chi connectivity index (χ2v) is 5.84. The largest absolute Gasteiger partial charge is 0.375 e. The number of benzene rings is 1. The molecule has 2 N–H and O–H groups in total. The Morgan fingerprint density at radius 1 is 1.43 bits per heavy atom. The van der Waals surface area contributed by atoms with Crippen molar-refractivity contribution >= 4 is 29.3 Å². The molecule has 0 aliphatic carbocycles. The molecule has 1 aromatic carbocycles. The van der Waals surface area contributed by atoms with Gasteiger partial charge in [-0.1, -0.05) is 23.7 Å². The third-order valence-electron chi connectivity index (χ3n) is 2.86. The van der Waals surface area contributed by atoms with Crippen molar-refractivity contribution in [3.05, 3.63) is 34.9 Å². The lowest BCUT2D eigenvalue weighted by atomic mass is 10.1. The van der Waals surface area contributed by atoms with Gasteiger partial charge >= 0.3 is 0 Å². The Balaban J connectivity index is 2.66. The van der Waals surface area contributed by atoms with Gasteiger partial charge in [-0.15, -0.1) is 0 Å². The minimum absolute atomic E-state index is 0.0975. The van der Waals surface area contributed by atoms with Crippen molar-refractivity contribution in [3.8, 4) is 0 Å². The number of guanidine groups is 1. The van der Waals surface area contributed by atoms with Gasteiger partial charge < -0.3 is 15.4 Å². The molecular formula is C15H24ClN3OS. The SMILES string of the molecule is CCNC(=NCC(OC)c1cccc(Cl)c1)NCCSC. The number of aliphatic imine (C=N–C) groups is 1. The van der Waals surface area contributed by atoms with Crippen LogP contribution in [0.3, 0.4) is 0 Å². The minimum Gasteiger partial charge on any atom is -0.375 e. The number of nitrogens with zero attached hydrogens (tertiary/aromatic N) is 1. The Bertz CT molecular complexity index is 443. The second-order valence-electron chi connectivity index (χ2n) is 4.42. The van der Waals surface area contributed by atoms with E-state index < -0.39 is 0 Å². The molecule has 118 valence electrons. The summed E-state index contributed by atoms with van der Waals surface area (Å²) in [4.78, 5) is 4.58. The smallest absolute Gasteiger partial charge is 0.191 e. The summed E-state index contributed by atoms with van der Waals surface area (Å²) in [5.74, 6) is 1.86. The Morgan fingerprint density at radius 3 is 2.86 bits per heavy atom. The van der Waals surface area contributed by atoms with E-state index in [-0.39, 0.29) is 6.10 Å². The third-order valence-corrected chi connectivity index (χ3v) is 3.71. The molecule has 0 aromatic heterocycles. The molecule has 0 heterocycles. The fourth-order valence-corrected chi connectivity index (χ4v) is 2.32. The average Bonchev–Trinajstić information content (AvgIpc) is 2.48. The van der Waals surface area contributed by atoms with E-state index >= 15 is 0 Å². The van der Waals surface area contributed by atoms with Gasteiger partial charge in [-0.05, 0) is 30.9 Å². The zero-order chi connectivity index (χ0) is 15.5. The summed E-state index contributed by atoms with van der Waals surface area (Å²) in [6.07, 6.45) is 1.99. The molecule has 0 radical (unpaired) electrons. The number of halogens is 1. The molecule has 0 fully saturated rings. The van der Waals surface area contributed by atoms with Crippen molar-refractivity contribution in [1.29, 1.82) is 0 Å². The first kappa shape index (κ1) is 18.1. The van der Waals surface area contributed by atoms with Crippen molar-refractivity contribution < 1.29 is 4.74 Å². The van der Waals surface area contributed by atoms with Gasteiger partial charge in [-0.2, -0.15) is 11.8 Å². The van der Waals surface area contributed by atoms with E-state index in [0.717, 1.165) is 30.4 Å². The van der Waals surface area contributed by atoms with Crippen LogP contribution in [0.15, 0.2) is 29.3 Å². The molecule has 0 aliphatic rings. The van der Waals surface area contributed by atoms with Crippen molar-refractivity contribution in [2.24, 2.45) is 4.99 Å². The summed E-state index contributed by atoms with van der Waals surface area (Å²) in [5.41, 5.74) is 1.04. The molecule has 0 saturated carbocycles. The zero-order valence-electron chi connectivity index (χ0n) is 12.9. The van der Waals surface area contributed by atoms with E-state index in [2.05, 4.69) is 28.8 Å².